The van der Waals surface area contributed by atoms with Crippen LogP contribution in [0.3, 0.4) is 0 Å². The van der Waals surface area contributed by atoms with E-state index in [0.29, 0.717) is 24.6 Å². The summed E-state index contributed by atoms with van der Waals surface area (Å²) in [6.45, 7) is 8.67. The van der Waals surface area contributed by atoms with Gasteiger partial charge in [-0.3, -0.25) is 10.6 Å². The molecule has 146 valence electrons. The SMILES string of the molecule is CC(C)OCCOC(=O)Nc1ccc(NC(=O)OCCOC(C)C)cc1. The van der Waals surface area contributed by atoms with Gasteiger partial charge in [0.1, 0.15) is 13.2 Å². The molecule has 0 saturated heterocycles. The van der Waals surface area contributed by atoms with Crippen LogP contribution in [-0.4, -0.2) is 50.8 Å². The van der Waals surface area contributed by atoms with E-state index in [9.17, 15) is 9.59 Å². The minimum absolute atomic E-state index is 0.0936. The Kier molecular flexibility index (Phi) is 10.1. The minimum atomic E-state index is -0.567. The summed E-state index contributed by atoms with van der Waals surface area (Å²) in [7, 11) is 0. The highest BCUT2D eigenvalue weighted by molar-refractivity contribution is 5.87. The molecule has 1 rings (SSSR count). The van der Waals surface area contributed by atoms with Crippen molar-refractivity contribution in [2.45, 2.75) is 39.9 Å². The van der Waals surface area contributed by atoms with Gasteiger partial charge < -0.3 is 18.9 Å². The lowest BCUT2D eigenvalue weighted by atomic mass is 10.3. The largest absolute Gasteiger partial charge is 0.447 e. The molecule has 1 aromatic rings. The monoisotopic (exact) mass is 368 g/mol. The van der Waals surface area contributed by atoms with Crippen LogP contribution in [0, 0.1) is 0 Å². The number of ether oxygens (including phenoxy) is 4. The van der Waals surface area contributed by atoms with Gasteiger partial charge >= 0.3 is 12.2 Å². The van der Waals surface area contributed by atoms with Crippen molar-refractivity contribution in [3.05, 3.63) is 24.3 Å². The van der Waals surface area contributed by atoms with E-state index in [-0.39, 0.29) is 25.4 Å². The van der Waals surface area contributed by atoms with E-state index in [1.807, 2.05) is 27.7 Å². The van der Waals surface area contributed by atoms with Gasteiger partial charge in [-0.05, 0) is 52.0 Å². The van der Waals surface area contributed by atoms with Crippen LogP contribution in [0.5, 0.6) is 0 Å². The third kappa shape index (κ3) is 10.5. The zero-order valence-electron chi connectivity index (χ0n) is 15.7. The van der Waals surface area contributed by atoms with E-state index in [4.69, 9.17) is 18.9 Å². The van der Waals surface area contributed by atoms with Crippen molar-refractivity contribution in [1.82, 2.24) is 0 Å². The molecule has 8 nitrogen and oxygen atoms in total. The molecule has 8 heteroatoms. The first kappa shape index (κ1) is 21.7. The van der Waals surface area contributed by atoms with Crippen LogP contribution >= 0.6 is 0 Å². The Balaban J connectivity index is 2.27. The summed E-state index contributed by atoms with van der Waals surface area (Å²) in [5.41, 5.74) is 1.09. The summed E-state index contributed by atoms with van der Waals surface area (Å²) in [6.07, 6.45) is -0.947. The maximum atomic E-state index is 11.6. The molecule has 26 heavy (non-hydrogen) atoms. The first-order chi connectivity index (χ1) is 12.4. The highest BCUT2D eigenvalue weighted by Crippen LogP contribution is 2.14. The van der Waals surface area contributed by atoms with Gasteiger partial charge in [0.05, 0.1) is 25.4 Å². The van der Waals surface area contributed by atoms with Crippen LogP contribution in [0.15, 0.2) is 24.3 Å². The maximum absolute atomic E-state index is 11.6. The molecule has 0 atom stereocenters. The molecule has 0 radical (unpaired) electrons. The maximum Gasteiger partial charge on any atom is 0.411 e. The molecular formula is C18H28N2O6. The van der Waals surface area contributed by atoms with Gasteiger partial charge in [0, 0.05) is 11.4 Å². The molecular weight excluding hydrogens is 340 g/mol. The average molecular weight is 368 g/mol. The average Bonchev–Trinajstić information content (AvgIpc) is 2.57. The van der Waals surface area contributed by atoms with Gasteiger partial charge in [-0.2, -0.15) is 0 Å². The minimum Gasteiger partial charge on any atom is -0.447 e. The van der Waals surface area contributed by atoms with Crippen molar-refractivity contribution in [2.75, 3.05) is 37.1 Å². The fourth-order valence-corrected chi connectivity index (χ4v) is 1.78. The standard InChI is InChI=1S/C18H28N2O6/c1-13(2)23-9-11-25-17(21)19-15-5-7-16(8-6-15)20-18(22)26-12-10-24-14(3)4/h5-8,13-14H,9-12H2,1-4H3,(H,19,21)(H,20,22). The van der Waals surface area contributed by atoms with Crippen LogP contribution < -0.4 is 10.6 Å². The summed E-state index contributed by atoms with van der Waals surface area (Å²) >= 11 is 0. The number of benzene rings is 1. The fourth-order valence-electron chi connectivity index (χ4n) is 1.78. The second-order valence-electron chi connectivity index (χ2n) is 5.94. The fraction of sp³-hybridized carbons (Fsp3) is 0.556. The predicted molar refractivity (Wildman–Crippen MR) is 98.6 cm³/mol. The summed E-state index contributed by atoms with van der Waals surface area (Å²) < 4.78 is 20.5. The summed E-state index contributed by atoms with van der Waals surface area (Å²) in [6, 6.07) is 6.57. The molecule has 0 unspecified atom stereocenters. The van der Waals surface area contributed by atoms with Crippen LogP contribution in [0.2, 0.25) is 0 Å². The van der Waals surface area contributed by atoms with Gasteiger partial charge in [-0.25, -0.2) is 9.59 Å². The molecule has 0 aliphatic heterocycles. The quantitative estimate of drug-likeness (QED) is 0.612. The second-order valence-corrected chi connectivity index (χ2v) is 5.94. The highest BCUT2D eigenvalue weighted by atomic mass is 16.6. The number of rotatable bonds is 10. The molecule has 1 aromatic carbocycles. The molecule has 0 fully saturated rings. The van der Waals surface area contributed by atoms with Crippen LogP contribution in [0.4, 0.5) is 21.0 Å². The Bertz CT molecular complexity index is 496. The number of hydrogen-bond acceptors (Lipinski definition) is 6. The Labute approximate surface area is 154 Å². The topological polar surface area (TPSA) is 95.1 Å². The summed E-state index contributed by atoms with van der Waals surface area (Å²) in [4.78, 5) is 23.2. The Morgan fingerprint density at radius 1 is 0.731 bits per heavy atom. The molecule has 0 bridgehead atoms. The van der Waals surface area contributed by atoms with Gasteiger partial charge in [0.2, 0.25) is 0 Å². The van der Waals surface area contributed by atoms with Gasteiger partial charge in [-0.1, -0.05) is 0 Å². The van der Waals surface area contributed by atoms with Crippen LogP contribution in [0.1, 0.15) is 27.7 Å². The van der Waals surface area contributed by atoms with E-state index in [1.54, 1.807) is 24.3 Å². The number of amides is 2. The third-order valence-electron chi connectivity index (χ3n) is 2.91. The highest BCUT2D eigenvalue weighted by Gasteiger charge is 2.06. The lowest BCUT2D eigenvalue weighted by molar-refractivity contribution is 0.0427. The lowest BCUT2D eigenvalue weighted by Crippen LogP contribution is -2.18. The molecule has 0 aliphatic carbocycles. The molecule has 0 saturated carbocycles. The number of carbonyl (C=O) groups excluding carboxylic acids is 2. The molecule has 2 N–H and O–H groups in total. The van der Waals surface area contributed by atoms with Crippen LogP contribution in [0.25, 0.3) is 0 Å². The summed E-state index contributed by atoms with van der Waals surface area (Å²) in [5, 5.41) is 5.17. The first-order valence-electron chi connectivity index (χ1n) is 8.57. The molecule has 2 amide bonds. The van der Waals surface area contributed by atoms with Gasteiger partial charge in [0.15, 0.2) is 0 Å². The van der Waals surface area contributed by atoms with E-state index in [1.165, 1.54) is 0 Å². The molecule has 0 spiro atoms. The van der Waals surface area contributed by atoms with Crippen molar-refractivity contribution in [3.8, 4) is 0 Å². The number of hydrogen-bond donors (Lipinski definition) is 2. The Morgan fingerprint density at radius 3 is 1.38 bits per heavy atom. The lowest BCUT2D eigenvalue weighted by Gasteiger charge is -2.11. The van der Waals surface area contributed by atoms with Crippen molar-refractivity contribution in [1.29, 1.82) is 0 Å². The summed E-state index contributed by atoms with van der Waals surface area (Å²) in [5.74, 6) is 0. The van der Waals surface area contributed by atoms with Crippen molar-refractivity contribution < 1.29 is 28.5 Å². The Hall–Kier alpha value is -2.32. The zero-order valence-corrected chi connectivity index (χ0v) is 15.7. The van der Waals surface area contributed by atoms with Crippen molar-refractivity contribution >= 4 is 23.6 Å². The number of carbonyl (C=O) groups is 2. The second kappa shape index (κ2) is 12.1. The third-order valence-corrected chi connectivity index (χ3v) is 2.91. The molecule has 0 aromatic heterocycles. The van der Waals surface area contributed by atoms with Gasteiger partial charge in [-0.15, -0.1) is 0 Å². The normalized spacial score (nSPS) is 10.7. The Morgan fingerprint density at radius 2 is 1.08 bits per heavy atom. The van der Waals surface area contributed by atoms with E-state index in [2.05, 4.69) is 10.6 Å². The zero-order chi connectivity index (χ0) is 19.4. The first-order valence-corrected chi connectivity index (χ1v) is 8.57. The smallest absolute Gasteiger partial charge is 0.411 e. The number of nitrogens with one attached hydrogen (secondary N) is 2. The van der Waals surface area contributed by atoms with Crippen LogP contribution in [-0.2, 0) is 18.9 Å². The van der Waals surface area contributed by atoms with Gasteiger partial charge in [0.25, 0.3) is 0 Å². The molecule has 0 aliphatic rings. The van der Waals surface area contributed by atoms with Crippen molar-refractivity contribution in [2.24, 2.45) is 0 Å². The van der Waals surface area contributed by atoms with E-state index >= 15 is 0 Å². The van der Waals surface area contributed by atoms with E-state index in [0.717, 1.165) is 0 Å². The number of anilines is 2. The predicted octanol–water partition coefficient (Wildman–Crippen LogP) is 3.63. The van der Waals surface area contributed by atoms with Crippen molar-refractivity contribution in [3.63, 3.8) is 0 Å². The molecule has 0 heterocycles. The van der Waals surface area contributed by atoms with E-state index < -0.39 is 12.2 Å².